The van der Waals surface area contributed by atoms with Gasteiger partial charge in [-0.3, -0.25) is 4.79 Å². The first-order chi connectivity index (χ1) is 10.8. The van der Waals surface area contributed by atoms with Crippen molar-refractivity contribution in [2.24, 2.45) is 0 Å². The SMILES string of the molecule is CCOC(=O)c1c[nH]c(C(F)(F)F)c(Oc2ccccc2)c1=O. The molecule has 0 radical (unpaired) electrons. The average molecular weight is 327 g/mol. The van der Waals surface area contributed by atoms with Crippen LogP contribution in [-0.2, 0) is 10.9 Å². The fraction of sp³-hybridized carbons (Fsp3) is 0.200. The van der Waals surface area contributed by atoms with Gasteiger partial charge in [0.15, 0.2) is 5.69 Å². The average Bonchev–Trinajstić information content (AvgIpc) is 2.49. The number of esters is 1. The molecule has 2 rings (SSSR count). The van der Waals surface area contributed by atoms with Crippen LogP contribution in [-0.4, -0.2) is 17.6 Å². The molecule has 0 amide bonds. The molecule has 0 spiro atoms. The van der Waals surface area contributed by atoms with Crippen molar-refractivity contribution in [3.05, 3.63) is 58.0 Å². The topological polar surface area (TPSA) is 68.4 Å². The van der Waals surface area contributed by atoms with Crippen molar-refractivity contribution >= 4 is 5.97 Å². The molecule has 0 fully saturated rings. The number of aromatic nitrogens is 1. The molecule has 0 aliphatic heterocycles. The van der Waals surface area contributed by atoms with Gasteiger partial charge in [0.1, 0.15) is 11.3 Å². The van der Waals surface area contributed by atoms with E-state index in [1.807, 2.05) is 4.98 Å². The molecule has 0 unspecified atom stereocenters. The number of alkyl halides is 3. The molecule has 0 saturated heterocycles. The summed E-state index contributed by atoms with van der Waals surface area (Å²) in [7, 11) is 0. The first kappa shape index (κ1) is 16.6. The van der Waals surface area contributed by atoms with Crippen molar-refractivity contribution in [3.63, 3.8) is 0 Å². The number of para-hydroxylation sites is 1. The summed E-state index contributed by atoms with van der Waals surface area (Å²) in [5.41, 5.74) is -3.14. The smallest absolute Gasteiger partial charge is 0.435 e. The lowest BCUT2D eigenvalue weighted by atomic mass is 10.2. The van der Waals surface area contributed by atoms with Crippen molar-refractivity contribution in [1.82, 2.24) is 4.98 Å². The minimum Gasteiger partial charge on any atom is -0.462 e. The molecule has 1 aromatic heterocycles. The molecule has 1 N–H and O–H groups in total. The number of ether oxygens (including phenoxy) is 2. The Morgan fingerprint density at radius 3 is 2.43 bits per heavy atom. The van der Waals surface area contributed by atoms with E-state index >= 15 is 0 Å². The van der Waals surface area contributed by atoms with E-state index in [4.69, 9.17) is 4.74 Å². The summed E-state index contributed by atoms with van der Waals surface area (Å²) in [4.78, 5) is 25.8. The number of rotatable bonds is 4. The number of hydrogen-bond acceptors (Lipinski definition) is 4. The quantitative estimate of drug-likeness (QED) is 0.874. The highest BCUT2D eigenvalue weighted by molar-refractivity contribution is 5.89. The van der Waals surface area contributed by atoms with Crippen LogP contribution in [0.5, 0.6) is 11.5 Å². The van der Waals surface area contributed by atoms with E-state index in [1.165, 1.54) is 31.2 Å². The maximum absolute atomic E-state index is 13.0. The van der Waals surface area contributed by atoms with Gasteiger partial charge in [-0.2, -0.15) is 13.2 Å². The molecule has 1 aromatic carbocycles. The fourth-order valence-corrected chi connectivity index (χ4v) is 1.79. The zero-order valence-corrected chi connectivity index (χ0v) is 11.9. The number of hydrogen-bond donors (Lipinski definition) is 1. The number of aromatic amines is 1. The maximum Gasteiger partial charge on any atom is 0.435 e. The van der Waals surface area contributed by atoms with Crippen LogP contribution >= 0.6 is 0 Å². The summed E-state index contributed by atoms with van der Waals surface area (Å²) in [5, 5.41) is 0. The van der Waals surface area contributed by atoms with Gasteiger partial charge in [0.2, 0.25) is 11.2 Å². The molecule has 0 bridgehead atoms. The predicted molar refractivity (Wildman–Crippen MR) is 74.5 cm³/mol. The second kappa shape index (κ2) is 6.55. The van der Waals surface area contributed by atoms with E-state index in [1.54, 1.807) is 6.07 Å². The molecule has 0 saturated carbocycles. The molecule has 5 nitrogen and oxygen atoms in total. The van der Waals surface area contributed by atoms with E-state index in [2.05, 4.69) is 4.74 Å². The number of halogens is 3. The van der Waals surface area contributed by atoms with Crippen molar-refractivity contribution in [1.29, 1.82) is 0 Å². The molecule has 2 aromatic rings. The Hall–Kier alpha value is -2.77. The van der Waals surface area contributed by atoms with Crippen molar-refractivity contribution < 1.29 is 27.4 Å². The van der Waals surface area contributed by atoms with Gasteiger partial charge in [0, 0.05) is 6.20 Å². The Balaban J connectivity index is 2.57. The van der Waals surface area contributed by atoms with Crippen molar-refractivity contribution in [2.45, 2.75) is 13.1 Å². The minimum atomic E-state index is -4.85. The normalized spacial score (nSPS) is 11.1. The monoisotopic (exact) mass is 327 g/mol. The standard InChI is InChI=1S/C15H12F3NO4/c1-2-22-14(21)10-8-19-13(15(16,17)18)12(11(10)20)23-9-6-4-3-5-7-9/h3-8H,2H2,1H3,(H,19,20). The van der Waals surface area contributed by atoms with Gasteiger partial charge in [0.05, 0.1) is 6.61 Å². The zero-order chi connectivity index (χ0) is 17.0. The van der Waals surface area contributed by atoms with Crippen LogP contribution < -0.4 is 10.2 Å². The third-order valence-corrected chi connectivity index (χ3v) is 2.78. The molecule has 0 aliphatic carbocycles. The van der Waals surface area contributed by atoms with Gasteiger partial charge in [-0.1, -0.05) is 18.2 Å². The lowest BCUT2D eigenvalue weighted by molar-refractivity contribution is -0.142. The number of carbonyl (C=O) groups excluding carboxylic acids is 1. The van der Waals surface area contributed by atoms with Crippen LogP contribution in [0, 0.1) is 0 Å². The lowest BCUT2D eigenvalue weighted by Crippen LogP contribution is -2.23. The van der Waals surface area contributed by atoms with Gasteiger partial charge in [-0.05, 0) is 19.1 Å². The van der Waals surface area contributed by atoms with E-state index < -0.39 is 34.6 Å². The number of nitrogens with one attached hydrogen (secondary N) is 1. The molecular weight excluding hydrogens is 315 g/mol. The Morgan fingerprint density at radius 2 is 1.87 bits per heavy atom. The van der Waals surface area contributed by atoms with Crippen LogP contribution in [0.15, 0.2) is 41.3 Å². The van der Waals surface area contributed by atoms with Crippen molar-refractivity contribution in [3.8, 4) is 11.5 Å². The van der Waals surface area contributed by atoms with Gasteiger partial charge < -0.3 is 14.5 Å². The molecule has 8 heteroatoms. The van der Waals surface area contributed by atoms with E-state index in [9.17, 15) is 22.8 Å². The minimum absolute atomic E-state index is 0.0197. The number of benzene rings is 1. The second-order valence-electron chi connectivity index (χ2n) is 4.37. The molecule has 1 heterocycles. The first-order valence-electron chi connectivity index (χ1n) is 6.57. The lowest BCUT2D eigenvalue weighted by Gasteiger charge is -2.14. The molecule has 122 valence electrons. The summed E-state index contributed by atoms with van der Waals surface area (Å²) in [6, 6.07) is 7.47. The number of carbonyl (C=O) groups is 1. The Labute approximate surface area is 128 Å². The van der Waals surface area contributed by atoms with E-state index in [0.29, 0.717) is 6.20 Å². The van der Waals surface area contributed by atoms with Gasteiger partial charge >= 0.3 is 12.1 Å². The zero-order valence-electron chi connectivity index (χ0n) is 11.9. The summed E-state index contributed by atoms with van der Waals surface area (Å²) < 4.78 is 48.8. The summed E-state index contributed by atoms with van der Waals surface area (Å²) >= 11 is 0. The van der Waals surface area contributed by atoms with Crippen LogP contribution in [0.3, 0.4) is 0 Å². The summed E-state index contributed by atoms with van der Waals surface area (Å²) in [5.74, 6) is -2.00. The van der Waals surface area contributed by atoms with E-state index in [-0.39, 0.29) is 12.4 Å². The molecule has 0 atom stereocenters. The van der Waals surface area contributed by atoms with E-state index in [0.717, 1.165) is 0 Å². The molecule has 0 aliphatic rings. The highest BCUT2D eigenvalue weighted by Crippen LogP contribution is 2.34. The Bertz CT molecular complexity index is 754. The highest BCUT2D eigenvalue weighted by atomic mass is 19.4. The third kappa shape index (κ3) is 3.71. The summed E-state index contributed by atoms with van der Waals surface area (Å²) in [6.07, 6.45) is -4.18. The number of H-pyrrole nitrogens is 1. The van der Waals surface area contributed by atoms with Crippen LogP contribution in [0.4, 0.5) is 13.2 Å². The van der Waals surface area contributed by atoms with Crippen LogP contribution in [0.2, 0.25) is 0 Å². The third-order valence-electron chi connectivity index (χ3n) is 2.78. The predicted octanol–water partition coefficient (Wildman–Crippen LogP) is 3.36. The second-order valence-corrected chi connectivity index (χ2v) is 4.37. The fourth-order valence-electron chi connectivity index (χ4n) is 1.79. The largest absolute Gasteiger partial charge is 0.462 e. The van der Waals surface area contributed by atoms with Gasteiger partial charge in [-0.15, -0.1) is 0 Å². The highest BCUT2D eigenvalue weighted by Gasteiger charge is 2.38. The number of pyridine rings is 1. The van der Waals surface area contributed by atoms with Crippen LogP contribution in [0.1, 0.15) is 23.0 Å². The molecular formula is C15H12F3NO4. The summed E-state index contributed by atoms with van der Waals surface area (Å²) in [6.45, 7) is 1.49. The maximum atomic E-state index is 13.0. The van der Waals surface area contributed by atoms with Gasteiger partial charge in [-0.25, -0.2) is 4.79 Å². The molecule has 23 heavy (non-hydrogen) atoms. The Morgan fingerprint density at radius 1 is 1.22 bits per heavy atom. The van der Waals surface area contributed by atoms with Crippen molar-refractivity contribution in [2.75, 3.05) is 6.61 Å². The first-order valence-corrected chi connectivity index (χ1v) is 6.57. The Kier molecular flexibility index (Phi) is 4.73. The van der Waals surface area contributed by atoms with Crippen LogP contribution in [0.25, 0.3) is 0 Å². The van der Waals surface area contributed by atoms with Gasteiger partial charge in [0.25, 0.3) is 0 Å².